The molecule has 2 rings (SSSR count). The number of amides is 1. The average molecular weight is 273 g/mol. The van der Waals surface area contributed by atoms with Crippen molar-refractivity contribution in [3.8, 4) is 0 Å². The van der Waals surface area contributed by atoms with Crippen molar-refractivity contribution in [3.63, 3.8) is 0 Å². The van der Waals surface area contributed by atoms with E-state index in [1.54, 1.807) is 6.26 Å². The monoisotopic (exact) mass is 273 g/mol. The molecule has 1 N–H and O–H groups in total. The fourth-order valence-electron chi connectivity index (χ4n) is 2.16. The van der Waals surface area contributed by atoms with E-state index < -0.39 is 0 Å². The Bertz CT molecular complexity index is 638. The second-order valence-corrected chi connectivity index (χ2v) is 6.16. The summed E-state index contributed by atoms with van der Waals surface area (Å²) in [5.74, 6) is 0.0396. The van der Waals surface area contributed by atoms with Crippen LogP contribution >= 0.6 is 0 Å². The van der Waals surface area contributed by atoms with Crippen LogP contribution in [0.25, 0.3) is 11.0 Å². The van der Waals surface area contributed by atoms with Crippen molar-refractivity contribution < 1.29 is 9.21 Å². The van der Waals surface area contributed by atoms with Crippen LogP contribution in [0.5, 0.6) is 0 Å². The SMILES string of the molecule is CCC(C)(C)NC(=O)Cc1coc2cc(C)c(C)cc12. The molecular formula is C17H23NO2. The summed E-state index contributed by atoms with van der Waals surface area (Å²) in [6, 6.07) is 4.13. The molecule has 0 aliphatic rings. The van der Waals surface area contributed by atoms with Gasteiger partial charge in [-0.05, 0) is 57.4 Å². The van der Waals surface area contributed by atoms with Crippen LogP contribution in [0.15, 0.2) is 22.8 Å². The number of carbonyl (C=O) groups excluding carboxylic acids is 1. The molecule has 108 valence electrons. The van der Waals surface area contributed by atoms with E-state index in [-0.39, 0.29) is 11.4 Å². The first-order valence-corrected chi connectivity index (χ1v) is 7.11. The molecule has 3 heteroatoms. The zero-order valence-electron chi connectivity index (χ0n) is 13.0. The molecule has 0 bridgehead atoms. The minimum atomic E-state index is -0.164. The lowest BCUT2D eigenvalue weighted by molar-refractivity contribution is -0.122. The van der Waals surface area contributed by atoms with E-state index in [4.69, 9.17) is 4.42 Å². The summed E-state index contributed by atoms with van der Waals surface area (Å²) >= 11 is 0. The molecule has 0 radical (unpaired) electrons. The predicted molar refractivity (Wildman–Crippen MR) is 81.9 cm³/mol. The number of furan rings is 1. The fraction of sp³-hybridized carbons (Fsp3) is 0.471. The maximum absolute atomic E-state index is 12.1. The molecule has 0 aliphatic carbocycles. The number of hydrogen-bond donors (Lipinski definition) is 1. The molecule has 1 amide bonds. The standard InChI is InChI=1S/C17H23NO2/c1-6-17(4,5)18-16(19)9-13-10-20-15-8-12(3)11(2)7-14(13)15/h7-8,10H,6,9H2,1-5H3,(H,18,19). The van der Waals surface area contributed by atoms with Gasteiger partial charge in [-0.3, -0.25) is 4.79 Å². The second kappa shape index (κ2) is 5.31. The molecule has 1 heterocycles. The Balaban J connectivity index is 2.22. The number of fused-ring (bicyclic) bond motifs is 1. The van der Waals surface area contributed by atoms with E-state index in [0.29, 0.717) is 6.42 Å². The molecule has 0 aliphatic heterocycles. The van der Waals surface area contributed by atoms with Gasteiger partial charge < -0.3 is 9.73 Å². The van der Waals surface area contributed by atoms with Crippen LogP contribution in [0.4, 0.5) is 0 Å². The van der Waals surface area contributed by atoms with Gasteiger partial charge in [-0.2, -0.15) is 0 Å². The first kappa shape index (κ1) is 14.6. The molecule has 0 fully saturated rings. The Morgan fingerprint density at radius 1 is 1.25 bits per heavy atom. The summed E-state index contributed by atoms with van der Waals surface area (Å²) in [6.45, 7) is 10.3. The molecule has 0 saturated heterocycles. The van der Waals surface area contributed by atoms with E-state index in [2.05, 4.69) is 32.2 Å². The molecular weight excluding hydrogens is 250 g/mol. The van der Waals surface area contributed by atoms with Crippen molar-refractivity contribution in [1.82, 2.24) is 5.32 Å². The third-order valence-electron chi connectivity index (χ3n) is 3.98. The number of benzene rings is 1. The molecule has 20 heavy (non-hydrogen) atoms. The molecule has 1 aromatic heterocycles. The lowest BCUT2D eigenvalue weighted by Gasteiger charge is -2.24. The van der Waals surface area contributed by atoms with E-state index >= 15 is 0 Å². The zero-order valence-corrected chi connectivity index (χ0v) is 13.0. The van der Waals surface area contributed by atoms with Crippen LogP contribution in [0.1, 0.15) is 43.9 Å². The summed E-state index contributed by atoms with van der Waals surface area (Å²) in [4.78, 5) is 12.1. The minimum absolute atomic E-state index is 0.0396. The number of nitrogens with one attached hydrogen (secondary N) is 1. The average Bonchev–Trinajstić information content (AvgIpc) is 2.72. The summed E-state index contributed by atoms with van der Waals surface area (Å²) in [5.41, 5.74) is 4.06. The van der Waals surface area contributed by atoms with Crippen molar-refractivity contribution in [1.29, 1.82) is 0 Å². The highest BCUT2D eigenvalue weighted by atomic mass is 16.3. The van der Waals surface area contributed by atoms with Crippen LogP contribution in [0.3, 0.4) is 0 Å². The maximum atomic E-state index is 12.1. The molecule has 0 saturated carbocycles. The van der Waals surface area contributed by atoms with Gasteiger partial charge in [-0.1, -0.05) is 6.92 Å². The van der Waals surface area contributed by atoms with Gasteiger partial charge >= 0.3 is 0 Å². The third kappa shape index (κ3) is 3.03. The molecule has 0 spiro atoms. The minimum Gasteiger partial charge on any atom is -0.464 e. The van der Waals surface area contributed by atoms with Crippen LogP contribution in [-0.2, 0) is 11.2 Å². The number of hydrogen-bond acceptors (Lipinski definition) is 2. The number of rotatable bonds is 4. The van der Waals surface area contributed by atoms with Crippen LogP contribution < -0.4 is 5.32 Å². The lowest BCUT2D eigenvalue weighted by Crippen LogP contribution is -2.43. The van der Waals surface area contributed by atoms with Gasteiger partial charge in [-0.15, -0.1) is 0 Å². The smallest absolute Gasteiger partial charge is 0.224 e. The summed E-state index contributed by atoms with van der Waals surface area (Å²) in [5, 5.41) is 4.09. The Hall–Kier alpha value is -1.77. The summed E-state index contributed by atoms with van der Waals surface area (Å²) in [6.07, 6.45) is 2.96. The largest absolute Gasteiger partial charge is 0.464 e. The van der Waals surface area contributed by atoms with Crippen LogP contribution in [-0.4, -0.2) is 11.4 Å². The molecule has 0 unspecified atom stereocenters. The Kier molecular flexibility index (Phi) is 3.89. The molecule has 0 atom stereocenters. The van der Waals surface area contributed by atoms with Crippen LogP contribution in [0, 0.1) is 13.8 Å². The summed E-state index contributed by atoms with van der Waals surface area (Å²) in [7, 11) is 0. The second-order valence-electron chi connectivity index (χ2n) is 6.16. The van der Waals surface area contributed by atoms with Gasteiger partial charge in [0.25, 0.3) is 0 Å². The van der Waals surface area contributed by atoms with Gasteiger partial charge in [0, 0.05) is 16.5 Å². The van der Waals surface area contributed by atoms with Crippen LogP contribution in [0.2, 0.25) is 0 Å². The Morgan fingerprint density at radius 3 is 2.55 bits per heavy atom. The third-order valence-corrected chi connectivity index (χ3v) is 3.98. The summed E-state index contributed by atoms with van der Waals surface area (Å²) < 4.78 is 5.56. The van der Waals surface area contributed by atoms with Gasteiger partial charge in [0.05, 0.1) is 12.7 Å². The fourth-order valence-corrected chi connectivity index (χ4v) is 2.16. The lowest BCUT2D eigenvalue weighted by atomic mass is 10.0. The van der Waals surface area contributed by atoms with Gasteiger partial charge in [0.2, 0.25) is 5.91 Å². The highest BCUT2D eigenvalue weighted by Crippen LogP contribution is 2.25. The molecule has 1 aromatic carbocycles. The number of aryl methyl sites for hydroxylation is 2. The molecule has 2 aromatic rings. The van der Waals surface area contributed by atoms with Gasteiger partial charge in [-0.25, -0.2) is 0 Å². The van der Waals surface area contributed by atoms with Crippen molar-refractivity contribution in [2.45, 2.75) is 53.0 Å². The highest BCUT2D eigenvalue weighted by molar-refractivity contribution is 5.88. The predicted octanol–water partition coefficient (Wildman–Crippen LogP) is 3.90. The first-order valence-electron chi connectivity index (χ1n) is 7.11. The highest BCUT2D eigenvalue weighted by Gasteiger charge is 2.19. The number of carbonyl (C=O) groups is 1. The van der Waals surface area contributed by atoms with E-state index in [1.807, 2.05) is 19.9 Å². The van der Waals surface area contributed by atoms with E-state index in [9.17, 15) is 4.79 Å². The van der Waals surface area contributed by atoms with Crippen molar-refractivity contribution in [2.75, 3.05) is 0 Å². The Labute approximate surface area is 120 Å². The molecule has 3 nitrogen and oxygen atoms in total. The van der Waals surface area contributed by atoms with Crippen molar-refractivity contribution in [3.05, 3.63) is 35.1 Å². The zero-order chi connectivity index (χ0) is 14.9. The van der Waals surface area contributed by atoms with Gasteiger partial charge in [0.1, 0.15) is 5.58 Å². The van der Waals surface area contributed by atoms with E-state index in [0.717, 1.165) is 23.0 Å². The van der Waals surface area contributed by atoms with Crippen molar-refractivity contribution >= 4 is 16.9 Å². The normalized spacial score (nSPS) is 11.8. The maximum Gasteiger partial charge on any atom is 0.224 e. The quantitative estimate of drug-likeness (QED) is 0.918. The van der Waals surface area contributed by atoms with Crippen molar-refractivity contribution in [2.24, 2.45) is 0 Å². The van der Waals surface area contributed by atoms with Gasteiger partial charge in [0.15, 0.2) is 0 Å². The first-order chi connectivity index (χ1) is 9.32. The topological polar surface area (TPSA) is 42.2 Å². The van der Waals surface area contributed by atoms with E-state index in [1.165, 1.54) is 11.1 Å². The Morgan fingerprint density at radius 2 is 1.90 bits per heavy atom.